The Morgan fingerprint density at radius 2 is 2.18 bits per heavy atom. The van der Waals surface area contributed by atoms with Gasteiger partial charge in [-0.1, -0.05) is 0 Å². The van der Waals surface area contributed by atoms with E-state index in [2.05, 4.69) is 0 Å². The quantitative estimate of drug-likeness (QED) is 0.525. The van der Waals surface area contributed by atoms with Crippen molar-refractivity contribution >= 4 is 7.12 Å². The van der Waals surface area contributed by atoms with Crippen LogP contribution in [0.2, 0.25) is 0 Å². The third-order valence-corrected chi connectivity index (χ3v) is 3.22. The Balaban J connectivity index is 1.90. The molecule has 0 aromatic carbocycles. The summed E-state index contributed by atoms with van der Waals surface area (Å²) in [4.78, 5) is 1.73. The van der Waals surface area contributed by atoms with Crippen LogP contribution in [0.5, 0.6) is 0 Å². The van der Waals surface area contributed by atoms with Gasteiger partial charge in [-0.2, -0.15) is 0 Å². The van der Waals surface area contributed by atoms with Gasteiger partial charge in [0.25, 0.3) is 11.9 Å². The van der Waals surface area contributed by atoms with Crippen LogP contribution in [0, 0.1) is 0 Å². The van der Waals surface area contributed by atoms with Crippen molar-refractivity contribution in [2.24, 2.45) is 0 Å². The Hall–Kier alpha value is -1.50. The summed E-state index contributed by atoms with van der Waals surface area (Å²) < 4.78 is 15.8. The van der Waals surface area contributed by atoms with Gasteiger partial charge in [0.2, 0.25) is 0 Å². The molecule has 17 heavy (non-hydrogen) atoms. The van der Waals surface area contributed by atoms with Crippen LogP contribution >= 0.6 is 0 Å². The molecule has 0 aromatic rings. The second-order valence-electron chi connectivity index (χ2n) is 4.69. The molecule has 2 saturated heterocycles. The number of epoxide rings is 1. The van der Waals surface area contributed by atoms with E-state index in [0.29, 0.717) is 12.3 Å². The lowest BCUT2D eigenvalue weighted by Crippen LogP contribution is -2.39. The molecule has 3 heterocycles. The van der Waals surface area contributed by atoms with Gasteiger partial charge in [0, 0.05) is 6.54 Å². The van der Waals surface area contributed by atoms with Crippen LogP contribution in [0.1, 0.15) is 19.8 Å². The maximum atomic E-state index is 9.90. The molecule has 92 valence electrons. The van der Waals surface area contributed by atoms with Gasteiger partial charge < -0.3 is 29.2 Å². The highest BCUT2D eigenvalue weighted by molar-refractivity contribution is 6.50. The Kier molecular flexibility index (Phi) is 2.19. The number of hydrogen-bond donors (Lipinski definition) is 2. The summed E-state index contributed by atoms with van der Waals surface area (Å²) in [6, 6.07) is 0. The molecule has 3 aliphatic heterocycles. The summed E-state index contributed by atoms with van der Waals surface area (Å²) in [5.41, 5.74) is 0.0750. The number of allylic oxidation sites excluding steroid dienone is 1. The number of aliphatic hydroxyl groups is 2. The van der Waals surface area contributed by atoms with Crippen LogP contribution in [-0.4, -0.2) is 40.9 Å². The summed E-state index contributed by atoms with van der Waals surface area (Å²) in [5.74, 6) is -0.369. The van der Waals surface area contributed by atoms with Crippen LogP contribution in [0.25, 0.3) is 0 Å². The van der Waals surface area contributed by atoms with E-state index in [4.69, 9.17) is 14.0 Å². The first-order valence-corrected chi connectivity index (χ1v) is 5.65. The molecule has 0 bridgehead atoms. The molecular weight excluding hydrogens is 225 g/mol. The molecule has 0 aliphatic carbocycles. The normalized spacial score (nSPS) is 39.5. The molecule has 0 radical (unpaired) electrons. The molecule has 3 aliphatic rings. The number of fused-ring (bicyclic) bond motifs is 1. The third kappa shape index (κ3) is 1.80. The smallest absolute Gasteiger partial charge is 0.496 e. The summed E-state index contributed by atoms with van der Waals surface area (Å²) in [6.07, 6.45) is 3.10. The third-order valence-electron chi connectivity index (χ3n) is 3.22. The minimum atomic E-state index is -0.825. The number of hydrogen-bond acceptors (Lipinski definition) is 6. The average molecular weight is 239 g/mol. The second kappa shape index (κ2) is 3.50. The highest BCUT2D eigenvalue weighted by Crippen LogP contribution is 2.35. The fourth-order valence-electron chi connectivity index (χ4n) is 2.03. The van der Waals surface area contributed by atoms with E-state index in [0.717, 1.165) is 19.4 Å². The van der Waals surface area contributed by atoms with Crippen LogP contribution in [0.15, 0.2) is 23.8 Å². The number of nitrogens with zero attached hydrogens (tertiary/aromatic N) is 1. The van der Waals surface area contributed by atoms with E-state index < -0.39 is 12.6 Å². The molecule has 1 atom stereocenters. The zero-order chi connectivity index (χ0) is 12.0. The molecular formula is C10H14BNO5. The lowest BCUT2D eigenvalue weighted by Gasteiger charge is -2.24. The van der Waals surface area contributed by atoms with Crippen molar-refractivity contribution in [3.63, 3.8) is 0 Å². The van der Waals surface area contributed by atoms with Gasteiger partial charge in [-0.25, -0.2) is 0 Å². The monoisotopic (exact) mass is 239 g/mol. The van der Waals surface area contributed by atoms with Crippen LogP contribution in [0.3, 0.4) is 0 Å². The molecule has 3 rings (SSSR count). The largest absolute Gasteiger partial charge is 0.635 e. The summed E-state index contributed by atoms with van der Waals surface area (Å²) in [7, 11) is -0.825. The van der Waals surface area contributed by atoms with Gasteiger partial charge in [0.1, 0.15) is 0 Å². The molecule has 0 aromatic heterocycles. The van der Waals surface area contributed by atoms with Crippen LogP contribution in [-0.2, 0) is 14.0 Å². The molecule has 0 spiro atoms. The zero-order valence-electron chi connectivity index (χ0n) is 9.55. The maximum Gasteiger partial charge on any atom is 0.635 e. The Labute approximate surface area is 99.2 Å². The van der Waals surface area contributed by atoms with Gasteiger partial charge in [-0.05, 0) is 19.8 Å². The second-order valence-corrected chi connectivity index (χ2v) is 4.69. The predicted octanol–water partition coefficient (Wildman–Crippen LogP) is 1.03. The fraction of sp³-hybridized carbons (Fsp3) is 0.600. The van der Waals surface area contributed by atoms with Gasteiger partial charge >= 0.3 is 7.12 Å². The molecule has 7 heteroatoms. The molecule has 0 saturated carbocycles. The van der Waals surface area contributed by atoms with Crippen LogP contribution < -0.4 is 0 Å². The van der Waals surface area contributed by atoms with E-state index in [9.17, 15) is 10.2 Å². The van der Waals surface area contributed by atoms with Crippen molar-refractivity contribution in [3.8, 4) is 0 Å². The number of rotatable bonds is 1. The Bertz CT molecular complexity index is 404. The summed E-state index contributed by atoms with van der Waals surface area (Å²) in [6.45, 7) is 3.02. The van der Waals surface area contributed by atoms with Gasteiger partial charge in [0.05, 0.1) is 18.5 Å². The Morgan fingerprint density at radius 3 is 2.88 bits per heavy atom. The first-order chi connectivity index (χ1) is 8.08. The van der Waals surface area contributed by atoms with E-state index in [1.807, 2.05) is 0 Å². The molecule has 2 N–H and O–H groups in total. The highest BCUT2D eigenvalue weighted by Gasteiger charge is 2.59. The topological polar surface area (TPSA) is 74.7 Å². The van der Waals surface area contributed by atoms with Crippen molar-refractivity contribution in [1.82, 2.24) is 4.90 Å². The van der Waals surface area contributed by atoms with Gasteiger partial charge in [-0.3, -0.25) is 0 Å². The SMILES string of the molecule is CC1(B2O/C(O)=C\N3CCC/C3=C(\O)O2)CO1. The Morgan fingerprint density at radius 1 is 1.41 bits per heavy atom. The lowest BCUT2D eigenvalue weighted by molar-refractivity contribution is 0.0995. The molecule has 0 amide bonds. The number of ether oxygens (including phenoxy) is 1. The highest BCUT2D eigenvalue weighted by atomic mass is 16.7. The molecule has 1 unspecified atom stereocenters. The van der Waals surface area contributed by atoms with Crippen molar-refractivity contribution in [2.45, 2.75) is 25.3 Å². The first kappa shape index (κ1) is 10.6. The predicted molar refractivity (Wildman–Crippen MR) is 58.6 cm³/mol. The van der Waals surface area contributed by atoms with E-state index in [1.54, 1.807) is 11.8 Å². The standard InChI is InChI=1S/C10H14BNO5/c1-10(6-15-10)11-16-8(13)5-12-4-2-3-7(12)9(14)17-11/h5,13-14H,2-4,6H2,1H3/b8-5-,9-7-. The minimum absolute atomic E-state index is 0.145. The zero-order valence-corrected chi connectivity index (χ0v) is 9.55. The van der Waals surface area contributed by atoms with E-state index >= 15 is 0 Å². The van der Waals surface area contributed by atoms with Crippen molar-refractivity contribution in [2.75, 3.05) is 13.2 Å². The summed E-state index contributed by atoms with van der Waals surface area (Å²) >= 11 is 0. The molecule has 2 fully saturated rings. The number of aliphatic hydroxyl groups excluding tert-OH is 2. The van der Waals surface area contributed by atoms with Gasteiger partial charge in [-0.15, -0.1) is 0 Å². The van der Waals surface area contributed by atoms with Crippen molar-refractivity contribution in [1.29, 1.82) is 0 Å². The van der Waals surface area contributed by atoms with E-state index in [-0.39, 0.29) is 11.9 Å². The minimum Gasteiger partial charge on any atom is -0.496 e. The summed E-state index contributed by atoms with van der Waals surface area (Å²) in [5, 5.41) is 19.6. The van der Waals surface area contributed by atoms with Gasteiger partial charge in [0.15, 0.2) is 5.50 Å². The van der Waals surface area contributed by atoms with Crippen molar-refractivity contribution < 1.29 is 24.3 Å². The maximum absolute atomic E-state index is 9.90. The average Bonchev–Trinajstić information content (AvgIpc) is 2.85. The van der Waals surface area contributed by atoms with E-state index in [1.165, 1.54) is 6.20 Å². The molecule has 6 nitrogen and oxygen atoms in total. The van der Waals surface area contributed by atoms with Crippen molar-refractivity contribution in [3.05, 3.63) is 23.8 Å². The fourth-order valence-corrected chi connectivity index (χ4v) is 2.03. The lowest BCUT2D eigenvalue weighted by atomic mass is 9.73. The van der Waals surface area contributed by atoms with Crippen LogP contribution in [0.4, 0.5) is 0 Å². The first-order valence-electron chi connectivity index (χ1n) is 5.65.